The van der Waals surface area contributed by atoms with Gasteiger partial charge >= 0.3 is 5.97 Å². The van der Waals surface area contributed by atoms with Crippen LogP contribution in [0.15, 0.2) is 58.2 Å². The average Bonchev–Trinajstić information content (AvgIpc) is 2.98. The second-order valence-electron chi connectivity index (χ2n) is 13.5. The van der Waals surface area contributed by atoms with Crippen molar-refractivity contribution in [1.29, 1.82) is 0 Å². The molecule has 3 N–H and O–H groups in total. The number of Topliss-reactive ketones (excluding diaryl/α,β-unsaturated/α-hetero) is 1. The molecule has 1 heterocycles. The number of ketones is 1. The molecule has 0 saturated carbocycles. The minimum absolute atomic E-state index is 0.00126. The van der Waals surface area contributed by atoms with E-state index in [9.17, 15) is 24.6 Å². The summed E-state index contributed by atoms with van der Waals surface area (Å²) in [4.78, 5) is 37.5. The fourth-order valence-corrected chi connectivity index (χ4v) is 5.99. The lowest BCUT2D eigenvalue weighted by Crippen LogP contribution is -2.50. The average molecular weight is 635 g/mol. The molecular weight excluding hydrogens is 584 g/mol. The van der Waals surface area contributed by atoms with Crippen molar-refractivity contribution in [2.75, 3.05) is 6.61 Å². The summed E-state index contributed by atoms with van der Waals surface area (Å²) in [6, 6.07) is 0. The van der Waals surface area contributed by atoms with Crippen molar-refractivity contribution in [3.63, 3.8) is 0 Å². The number of benzene rings is 1. The molecule has 0 spiro atoms. The number of ether oxygens (including phenoxy) is 2. The molecule has 1 aliphatic heterocycles. The topological polar surface area (TPSA) is 130 Å². The number of hydrogen-bond acceptors (Lipinski definition) is 7. The number of carbonyl (C=O) groups is 3. The maximum Gasteiger partial charge on any atom is 0.330 e. The third kappa shape index (κ3) is 8.66. The van der Waals surface area contributed by atoms with Gasteiger partial charge in [-0.1, -0.05) is 47.1 Å². The van der Waals surface area contributed by atoms with Gasteiger partial charge in [-0.15, -0.1) is 0 Å². The summed E-state index contributed by atoms with van der Waals surface area (Å²) in [6.45, 7) is 15.5. The van der Waals surface area contributed by atoms with Crippen molar-refractivity contribution in [2.24, 2.45) is 11.8 Å². The number of carboxylic acid groups (broad SMARTS) is 1. The first-order chi connectivity index (χ1) is 21.6. The SMILES string of the molecule is CC(C)=CCC/C(C)=C/Cc1c(O)c(CC=C(C)C)c2c(c1O)C(=O)C1=CC(C=O)C[C@H](C(C)(C)OCC/C=C(/C)C(=O)O)C1O2. The number of phenols is 2. The molecule has 2 aliphatic rings. The van der Waals surface area contributed by atoms with Gasteiger partial charge in [0.2, 0.25) is 0 Å². The summed E-state index contributed by atoms with van der Waals surface area (Å²) in [6.07, 6.45) is 12.3. The second-order valence-corrected chi connectivity index (χ2v) is 13.5. The molecule has 250 valence electrons. The lowest BCUT2D eigenvalue weighted by atomic mass is 9.70. The Morgan fingerprint density at radius 1 is 0.957 bits per heavy atom. The molecule has 1 aromatic rings. The highest BCUT2D eigenvalue weighted by Crippen LogP contribution is 2.51. The van der Waals surface area contributed by atoms with Gasteiger partial charge in [-0.05, 0) is 93.9 Å². The van der Waals surface area contributed by atoms with Gasteiger partial charge in [-0.3, -0.25) is 4.79 Å². The van der Waals surface area contributed by atoms with E-state index >= 15 is 0 Å². The number of carbonyl (C=O) groups excluding carboxylic acids is 2. The van der Waals surface area contributed by atoms with Crippen LogP contribution in [0, 0.1) is 11.8 Å². The predicted molar refractivity (Wildman–Crippen MR) is 180 cm³/mol. The van der Waals surface area contributed by atoms with Gasteiger partial charge in [-0.2, -0.15) is 0 Å². The first-order valence-corrected chi connectivity index (χ1v) is 16.0. The number of aldehydes is 1. The number of carboxylic acids is 1. The number of aliphatic carboxylic acids is 1. The lowest BCUT2D eigenvalue weighted by molar-refractivity contribution is -0.132. The van der Waals surface area contributed by atoms with E-state index in [4.69, 9.17) is 14.6 Å². The number of phenolic OH excluding ortho intramolecular Hbond substituents is 2. The molecule has 0 bridgehead atoms. The molecule has 46 heavy (non-hydrogen) atoms. The molecule has 2 unspecified atom stereocenters. The molecule has 0 saturated heterocycles. The normalized spacial score (nSPS) is 19.8. The Morgan fingerprint density at radius 3 is 2.22 bits per heavy atom. The molecule has 3 atom stereocenters. The highest BCUT2D eigenvalue weighted by Gasteiger charge is 2.49. The van der Waals surface area contributed by atoms with Crippen molar-refractivity contribution >= 4 is 18.0 Å². The van der Waals surface area contributed by atoms with Crippen LogP contribution in [0.1, 0.15) is 103 Å². The van der Waals surface area contributed by atoms with Crippen molar-refractivity contribution in [3.8, 4) is 17.2 Å². The van der Waals surface area contributed by atoms with Crippen molar-refractivity contribution < 1.29 is 39.2 Å². The molecule has 8 heteroatoms. The maximum absolute atomic E-state index is 14.3. The number of fused-ring (bicyclic) bond motifs is 2. The monoisotopic (exact) mass is 634 g/mol. The smallest absolute Gasteiger partial charge is 0.330 e. The molecule has 0 fully saturated rings. The van der Waals surface area contributed by atoms with E-state index in [0.29, 0.717) is 24.8 Å². The van der Waals surface area contributed by atoms with Crippen LogP contribution < -0.4 is 4.74 Å². The molecule has 1 aliphatic carbocycles. The summed E-state index contributed by atoms with van der Waals surface area (Å²) in [5.74, 6) is -2.68. The van der Waals surface area contributed by atoms with Gasteiger partial charge < -0.3 is 29.6 Å². The lowest BCUT2D eigenvalue weighted by Gasteiger charge is -2.45. The molecule has 8 nitrogen and oxygen atoms in total. The Hall–Kier alpha value is -3.91. The number of allylic oxidation sites excluding steroid dienone is 7. The summed E-state index contributed by atoms with van der Waals surface area (Å²) in [5, 5.41) is 32.2. The van der Waals surface area contributed by atoms with Crippen LogP contribution in [0.3, 0.4) is 0 Å². The molecule has 0 aromatic heterocycles. The Balaban J connectivity index is 2.07. The van der Waals surface area contributed by atoms with Crippen molar-refractivity contribution in [3.05, 3.63) is 74.9 Å². The van der Waals surface area contributed by atoms with Crippen molar-refractivity contribution in [1.82, 2.24) is 0 Å². The highest BCUT2D eigenvalue weighted by molar-refractivity contribution is 6.15. The molecule has 0 amide bonds. The quantitative estimate of drug-likeness (QED) is 0.0819. The van der Waals surface area contributed by atoms with E-state index in [-0.39, 0.29) is 52.5 Å². The van der Waals surface area contributed by atoms with E-state index in [1.54, 1.807) is 12.2 Å². The Labute approximate surface area is 273 Å². The first-order valence-electron chi connectivity index (χ1n) is 16.0. The highest BCUT2D eigenvalue weighted by atomic mass is 16.5. The fraction of sp³-hybridized carbons (Fsp3) is 0.500. The third-order valence-electron chi connectivity index (χ3n) is 8.83. The van der Waals surface area contributed by atoms with Gasteiger partial charge in [-0.25, -0.2) is 4.79 Å². The van der Waals surface area contributed by atoms with E-state index in [0.717, 1.165) is 30.3 Å². The minimum atomic E-state index is -0.993. The van der Waals surface area contributed by atoms with E-state index < -0.39 is 35.3 Å². The van der Waals surface area contributed by atoms with Gasteiger partial charge in [0.1, 0.15) is 35.2 Å². The van der Waals surface area contributed by atoms with Crippen LogP contribution in [0.2, 0.25) is 0 Å². The van der Waals surface area contributed by atoms with E-state index in [2.05, 4.69) is 19.9 Å². The number of rotatable bonds is 14. The Kier molecular flexibility index (Phi) is 12.4. The summed E-state index contributed by atoms with van der Waals surface area (Å²) >= 11 is 0. The van der Waals surface area contributed by atoms with Crippen LogP contribution in [0.25, 0.3) is 0 Å². The zero-order valence-electron chi connectivity index (χ0n) is 28.5. The third-order valence-corrected chi connectivity index (χ3v) is 8.83. The second kappa shape index (κ2) is 15.6. The van der Waals surface area contributed by atoms with Crippen LogP contribution in [0.5, 0.6) is 17.2 Å². The number of aromatic hydroxyl groups is 2. The number of hydrogen-bond donors (Lipinski definition) is 3. The van der Waals surface area contributed by atoms with Crippen LogP contribution in [-0.4, -0.2) is 51.7 Å². The Bertz CT molecular complexity index is 1490. The van der Waals surface area contributed by atoms with Gasteiger partial charge in [0.15, 0.2) is 5.78 Å². The zero-order chi connectivity index (χ0) is 34.3. The minimum Gasteiger partial charge on any atom is -0.507 e. The summed E-state index contributed by atoms with van der Waals surface area (Å²) in [7, 11) is 0. The van der Waals surface area contributed by atoms with Gasteiger partial charge in [0, 0.05) is 34.1 Å². The molecular formula is C38H50O8. The maximum atomic E-state index is 14.3. The molecule has 3 rings (SSSR count). The summed E-state index contributed by atoms with van der Waals surface area (Å²) in [5.41, 5.74) is 3.70. The van der Waals surface area contributed by atoms with E-state index in [1.807, 2.05) is 46.8 Å². The van der Waals surface area contributed by atoms with Crippen LogP contribution >= 0.6 is 0 Å². The van der Waals surface area contributed by atoms with Crippen molar-refractivity contribution in [2.45, 2.75) is 106 Å². The first kappa shape index (κ1) is 36.6. The van der Waals surface area contributed by atoms with Gasteiger partial charge in [0.25, 0.3) is 0 Å². The van der Waals surface area contributed by atoms with Crippen LogP contribution in [-0.2, 0) is 27.2 Å². The summed E-state index contributed by atoms with van der Waals surface area (Å²) < 4.78 is 12.9. The molecule has 1 aromatic carbocycles. The van der Waals surface area contributed by atoms with E-state index in [1.165, 1.54) is 12.5 Å². The Morgan fingerprint density at radius 2 is 1.61 bits per heavy atom. The fourth-order valence-electron chi connectivity index (χ4n) is 5.99. The predicted octanol–water partition coefficient (Wildman–Crippen LogP) is 7.76. The standard InChI is InChI=1S/C38H50O8/c1-22(2)11-9-12-24(5)15-17-27-32(40)28(16-14-23(3)4)36-31(33(27)41)34(42)29-19-26(21-39)20-30(35(29)46-36)38(7,8)45-18-10-13-25(6)37(43)44/h11,13-15,19,21,26,30,35,40-41H,9-10,12,16-18,20H2,1-8H3,(H,43,44)/b24-15+,25-13-/t26?,30-,35?/m0/s1. The largest absolute Gasteiger partial charge is 0.507 e. The van der Waals surface area contributed by atoms with Crippen LogP contribution in [0.4, 0.5) is 0 Å². The van der Waals surface area contributed by atoms with Gasteiger partial charge in [0.05, 0.1) is 12.2 Å². The zero-order valence-corrected chi connectivity index (χ0v) is 28.5. The molecule has 0 radical (unpaired) electrons.